The number of amides is 1. The van der Waals surface area contributed by atoms with Gasteiger partial charge in [-0.15, -0.1) is 11.3 Å². The average molecular weight is 410 g/mol. The summed E-state index contributed by atoms with van der Waals surface area (Å²) in [5.74, 6) is 0.585. The molecule has 1 aliphatic heterocycles. The molecule has 8 heteroatoms. The summed E-state index contributed by atoms with van der Waals surface area (Å²) in [6.45, 7) is 15.0. The van der Waals surface area contributed by atoms with Crippen LogP contribution in [-0.4, -0.2) is 68.2 Å². The van der Waals surface area contributed by atoms with Crippen LogP contribution >= 0.6 is 11.3 Å². The summed E-state index contributed by atoms with van der Waals surface area (Å²) in [7, 11) is 0. The van der Waals surface area contributed by atoms with Crippen LogP contribution in [0.2, 0.25) is 0 Å². The van der Waals surface area contributed by atoms with Crippen molar-refractivity contribution in [3.05, 3.63) is 21.9 Å². The zero-order valence-corrected chi connectivity index (χ0v) is 18.6. The van der Waals surface area contributed by atoms with E-state index in [2.05, 4.69) is 44.9 Å². The third-order valence-corrected chi connectivity index (χ3v) is 5.38. The van der Waals surface area contributed by atoms with Crippen molar-refractivity contribution >= 4 is 23.2 Å². The molecule has 0 saturated carbocycles. The minimum atomic E-state index is -0.253. The van der Waals surface area contributed by atoms with Crippen LogP contribution in [0.15, 0.2) is 17.1 Å². The summed E-state index contributed by atoms with van der Waals surface area (Å²) in [5.41, 5.74) is -0.253. The van der Waals surface area contributed by atoms with E-state index in [-0.39, 0.29) is 24.0 Å². The van der Waals surface area contributed by atoms with E-state index in [0.29, 0.717) is 5.96 Å². The first-order valence-corrected chi connectivity index (χ1v) is 10.8. The van der Waals surface area contributed by atoms with Crippen LogP contribution in [0.4, 0.5) is 0 Å². The van der Waals surface area contributed by atoms with E-state index in [0.717, 1.165) is 39.4 Å². The van der Waals surface area contributed by atoms with Gasteiger partial charge in [0.05, 0.1) is 19.3 Å². The predicted molar refractivity (Wildman–Crippen MR) is 116 cm³/mol. The van der Waals surface area contributed by atoms with Crippen molar-refractivity contribution in [2.24, 2.45) is 4.99 Å². The van der Waals surface area contributed by atoms with Crippen LogP contribution in [0.5, 0.6) is 0 Å². The first-order chi connectivity index (χ1) is 13.3. The maximum atomic E-state index is 12.1. The van der Waals surface area contributed by atoms with Crippen LogP contribution < -0.4 is 16.0 Å². The monoisotopic (exact) mass is 409 g/mol. The number of hydrogen-bond acceptors (Lipinski definition) is 5. The summed E-state index contributed by atoms with van der Waals surface area (Å²) in [4.78, 5) is 21.6. The van der Waals surface area contributed by atoms with Crippen molar-refractivity contribution in [3.63, 3.8) is 0 Å². The Morgan fingerprint density at radius 2 is 2.00 bits per heavy atom. The Balaban J connectivity index is 2.02. The largest absolute Gasteiger partial charge is 0.379 e. The predicted octanol–water partition coefficient (Wildman–Crippen LogP) is 1.90. The van der Waals surface area contributed by atoms with Crippen molar-refractivity contribution < 1.29 is 9.53 Å². The van der Waals surface area contributed by atoms with Gasteiger partial charge >= 0.3 is 0 Å². The molecule has 2 heterocycles. The van der Waals surface area contributed by atoms with E-state index in [1.54, 1.807) is 0 Å². The number of thiophene rings is 1. The van der Waals surface area contributed by atoms with Crippen LogP contribution in [-0.2, 0) is 9.53 Å². The van der Waals surface area contributed by atoms with Crippen molar-refractivity contribution in [1.29, 1.82) is 0 Å². The number of rotatable bonds is 7. The lowest BCUT2D eigenvalue weighted by atomic mass is 10.1. The highest BCUT2D eigenvalue weighted by Gasteiger charge is 2.24. The molecule has 0 aromatic carbocycles. The SMILES string of the molecule is CCNC(=NCC(=O)NC(C)(C)C)NCC(c1ccc(C)s1)N1CCOCC1. The van der Waals surface area contributed by atoms with Crippen molar-refractivity contribution in [2.45, 2.75) is 46.2 Å². The Bertz CT molecular complexity index is 647. The van der Waals surface area contributed by atoms with E-state index >= 15 is 0 Å². The Morgan fingerprint density at radius 1 is 1.29 bits per heavy atom. The molecule has 1 saturated heterocycles. The second-order valence-corrected chi connectivity index (χ2v) is 9.31. The third-order valence-electron chi connectivity index (χ3n) is 4.28. The van der Waals surface area contributed by atoms with Crippen LogP contribution in [0.25, 0.3) is 0 Å². The van der Waals surface area contributed by atoms with Gasteiger partial charge in [-0.3, -0.25) is 9.69 Å². The normalized spacial score (nSPS) is 17.2. The summed E-state index contributed by atoms with van der Waals surface area (Å²) in [6.07, 6.45) is 0. The standard InChI is InChI=1S/C20H35N5O2S/c1-6-21-19(23-14-18(26)24-20(3,4)5)22-13-16(17-8-7-15(2)28-17)25-9-11-27-12-10-25/h7-8,16H,6,9-14H2,1-5H3,(H,24,26)(H2,21,22,23). The molecular weight excluding hydrogens is 374 g/mol. The highest BCUT2D eigenvalue weighted by Crippen LogP contribution is 2.27. The smallest absolute Gasteiger partial charge is 0.242 e. The number of ether oxygens (including phenoxy) is 1. The van der Waals surface area contributed by atoms with Gasteiger partial charge in [-0.25, -0.2) is 4.99 Å². The number of nitrogens with zero attached hydrogens (tertiary/aromatic N) is 2. The summed E-state index contributed by atoms with van der Waals surface area (Å²) in [5, 5.41) is 9.60. The molecule has 2 rings (SSSR count). The summed E-state index contributed by atoms with van der Waals surface area (Å²) in [6, 6.07) is 4.64. The van der Waals surface area contributed by atoms with Gasteiger partial charge in [0, 0.05) is 41.5 Å². The van der Waals surface area contributed by atoms with E-state index < -0.39 is 0 Å². The number of carbonyl (C=O) groups is 1. The Labute approximate surface area is 172 Å². The molecule has 1 aromatic rings. The highest BCUT2D eigenvalue weighted by molar-refractivity contribution is 7.12. The van der Waals surface area contributed by atoms with Crippen LogP contribution in [0.1, 0.15) is 43.5 Å². The fourth-order valence-electron chi connectivity index (χ4n) is 3.08. The number of nitrogens with one attached hydrogen (secondary N) is 3. The molecule has 0 spiro atoms. The van der Waals surface area contributed by atoms with Crippen molar-refractivity contribution in [2.75, 3.05) is 45.9 Å². The molecule has 0 radical (unpaired) electrons. The van der Waals surface area contributed by atoms with Gasteiger partial charge < -0.3 is 20.7 Å². The number of guanidine groups is 1. The fraction of sp³-hybridized carbons (Fsp3) is 0.700. The molecule has 1 atom stereocenters. The molecule has 0 bridgehead atoms. The fourth-order valence-corrected chi connectivity index (χ4v) is 4.09. The van der Waals surface area contributed by atoms with Gasteiger partial charge in [-0.1, -0.05) is 0 Å². The lowest BCUT2D eigenvalue weighted by molar-refractivity contribution is -0.121. The van der Waals surface area contributed by atoms with E-state index in [9.17, 15) is 4.79 Å². The van der Waals surface area contributed by atoms with Gasteiger partial charge in [0.2, 0.25) is 5.91 Å². The Hall–Kier alpha value is -1.64. The molecule has 1 amide bonds. The minimum Gasteiger partial charge on any atom is -0.379 e. The van der Waals surface area contributed by atoms with E-state index in [1.807, 2.05) is 39.0 Å². The zero-order chi connectivity index (χ0) is 20.6. The number of carbonyl (C=O) groups excluding carboxylic acids is 1. The number of morpholine rings is 1. The minimum absolute atomic E-state index is 0.0803. The number of hydrogen-bond donors (Lipinski definition) is 3. The molecule has 28 heavy (non-hydrogen) atoms. The maximum absolute atomic E-state index is 12.1. The molecule has 1 aromatic heterocycles. The molecule has 1 aliphatic rings. The first-order valence-electron chi connectivity index (χ1n) is 10.00. The maximum Gasteiger partial charge on any atom is 0.242 e. The second-order valence-electron chi connectivity index (χ2n) is 7.99. The molecular formula is C20H35N5O2S. The topological polar surface area (TPSA) is 78.0 Å². The van der Waals surface area contributed by atoms with Crippen molar-refractivity contribution in [1.82, 2.24) is 20.9 Å². The zero-order valence-electron chi connectivity index (χ0n) is 17.8. The third kappa shape index (κ3) is 7.77. The first kappa shape index (κ1) is 22.6. The van der Waals surface area contributed by atoms with Crippen molar-refractivity contribution in [3.8, 4) is 0 Å². The molecule has 3 N–H and O–H groups in total. The average Bonchev–Trinajstić information content (AvgIpc) is 3.05. The lowest BCUT2D eigenvalue weighted by Gasteiger charge is -2.34. The molecule has 7 nitrogen and oxygen atoms in total. The highest BCUT2D eigenvalue weighted by atomic mass is 32.1. The van der Waals surface area contributed by atoms with Crippen LogP contribution in [0, 0.1) is 6.92 Å². The number of aliphatic imine (C=N–C) groups is 1. The van der Waals surface area contributed by atoms with E-state index in [1.165, 1.54) is 9.75 Å². The number of aryl methyl sites for hydroxylation is 1. The van der Waals surface area contributed by atoms with Crippen LogP contribution in [0.3, 0.4) is 0 Å². The Kier molecular flexibility index (Phi) is 8.72. The van der Waals surface area contributed by atoms with Gasteiger partial charge in [0.15, 0.2) is 5.96 Å². The summed E-state index contributed by atoms with van der Waals surface area (Å²) < 4.78 is 5.52. The van der Waals surface area contributed by atoms with Gasteiger partial charge in [-0.2, -0.15) is 0 Å². The molecule has 0 aliphatic carbocycles. The van der Waals surface area contributed by atoms with Gasteiger partial charge in [-0.05, 0) is 46.8 Å². The lowest BCUT2D eigenvalue weighted by Crippen LogP contribution is -2.46. The second kappa shape index (κ2) is 10.8. The van der Waals surface area contributed by atoms with Gasteiger partial charge in [0.1, 0.15) is 6.54 Å². The quantitative estimate of drug-likeness (QED) is 0.474. The molecule has 1 unspecified atom stereocenters. The molecule has 1 fully saturated rings. The van der Waals surface area contributed by atoms with E-state index in [4.69, 9.17) is 4.74 Å². The Morgan fingerprint density at radius 3 is 2.57 bits per heavy atom. The van der Waals surface area contributed by atoms with Gasteiger partial charge in [0.25, 0.3) is 0 Å². The molecule has 158 valence electrons. The summed E-state index contributed by atoms with van der Waals surface area (Å²) >= 11 is 1.83.